The minimum Gasteiger partial charge on any atom is -0.465 e. The van der Waals surface area contributed by atoms with Crippen LogP contribution in [-0.4, -0.2) is 25.0 Å². The molecule has 0 spiro atoms. The molecule has 1 aromatic carbocycles. The Balaban J connectivity index is 2.68. The third-order valence-electron chi connectivity index (χ3n) is 2.60. The Labute approximate surface area is 142 Å². The van der Waals surface area contributed by atoms with Gasteiger partial charge in [0.1, 0.15) is 18.2 Å². The van der Waals surface area contributed by atoms with Crippen LogP contribution in [0.1, 0.15) is 12.5 Å². The standard InChI is InChI=1S/C15H16IN3O3/c1-3-22-14(20)9-18-8-11(7-17)15(21)19-13-5-4-12(16)6-10(13)2/h4-6,8,18H,3,9H2,1-2H3,(H,19,21)/b11-8-. The molecule has 0 aliphatic rings. The lowest BCUT2D eigenvalue weighted by molar-refractivity contribution is -0.141. The van der Waals surface area contributed by atoms with Crippen molar-refractivity contribution in [1.82, 2.24) is 5.32 Å². The average molecular weight is 413 g/mol. The van der Waals surface area contributed by atoms with Crippen molar-refractivity contribution in [3.8, 4) is 6.07 Å². The van der Waals surface area contributed by atoms with E-state index < -0.39 is 11.9 Å². The molecular weight excluding hydrogens is 397 g/mol. The third-order valence-corrected chi connectivity index (χ3v) is 3.27. The first-order valence-electron chi connectivity index (χ1n) is 6.54. The van der Waals surface area contributed by atoms with Crippen LogP contribution in [0, 0.1) is 21.8 Å². The number of anilines is 1. The zero-order valence-electron chi connectivity index (χ0n) is 12.3. The van der Waals surface area contributed by atoms with E-state index in [1.165, 1.54) is 6.20 Å². The lowest BCUT2D eigenvalue weighted by Gasteiger charge is -2.08. The second-order valence-corrected chi connectivity index (χ2v) is 5.51. The van der Waals surface area contributed by atoms with E-state index in [-0.39, 0.29) is 18.7 Å². The monoisotopic (exact) mass is 413 g/mol. The molecule has 0 radical (unpaired) electrons. The van der Waals surface area contributed by atoms with E-state index in [9.17, 15) is 9.59 Å². The highest BCUT2D eigenvalue weighted by atomic mass is 127. The van der Waals surface area contributed by atoms with Gasteiger partial charge < -0.3 is 15.4 Å². The highest BCUT2D eigenvalue weighted by Crippen LogP contribution is 2.18. The van der Waals surface area contributed by atoms with E-state index in [0.29, 0.717) is 5.69 Å². The minimum absolute atomic E-state index is 0.102. The molecule has 0 atom stereocenters. The van der Waals surface area contributed by atoms with Crippen molar-refractivity contribution in [2.24, 2.45) is 0 Å². The molecule has 0 heterocycles. The first-order chi connectivity index (χ1) is 10.5. The number of nitriles is 1. The number of nitrogens with zero attached hydrogens (tertiary/aromatic N) is 1. The number of benzene rings is 1. The van der Waals surface area contributed by atoms with Gasteiger partial charge in [-0.3, -0.25) is 9.59 Å². The third kappa shape index (κ3) is 5.73. The lowest BCUT2D eigenvalue weighted by Crippen LogP contribution is -2.23. The van der Waals surface area contributed by atoms with Crippen molar-refractivity contribution in [1.29, 1.82) is 5.26 Å². The maximum absolute atomic E-state index is 12.0. The fraction of sp³-hybridized carbons (Fsp3) is 0.267. The molecule has 0 aliphatic heterocycles. The van der Waals surface area contributed by atoms with Gasteiger partial charge in [-0.05, 0) is 60.2 Å². The van der Waals surface area contributed by atoms with E-state index in [2.05, 4.69) is 33.2 Å². The highest BCUT2D eigenvalue weighted by Gasteiger charge is 2.11. The Hall–Kier alpha value is -2.08. The Kier molecular flexibility index (Phi) is 7.39. The molecule has 0 unspecified atom stereocenters. The molecular formula is C15H16IN3O3. The van der Waals surface area contributed by atoms with Gasteiger partial charge in [-0.1, -0.05) is 0 Å². The van der Waals surface area contributed by atoms with Crippen LogP contribution in [0.2, 0.25) is 0 Å². The first kappa shape index (κ1) is 18.0. The quantitative estimate of drug-likeness (QED) is 0.323. The van der Waals surface area contributed by atoms with Gasteiger partial charge in [0.05, 0.1) is 6.61 Å². The Morgan fingerprint density at radius 1 is 1.45 bits per heavy atom. The number of nitrogens with one attached hydrogen (secondary N) is 2. The number of ether oxygens (including phenoxy) is 1. The van der Waals surface area contributed by atoms with Gasteiger partial charge in [0.25, 0.3) is 5.91 Å². The van der Waals surface area contributed by atoms with Crippen LogP contribution in [0.15, 0.2) is 30.0 Å². The number of halogens is 1. The van der Waals surface area contributed by atoms with Crippen molar-refractivity contribution in [2.45, 2.75) is 13.8 Å². The van der Waals surface area contributed by atoms with Crippen LogP contribution in [0.25, 0.3) is 0 Å². The molecule has 2 N–H and O–H groups in total. The van der Waals surface area contributed by atoms with Gasteiger partial charge in [-0.2, -0.15) is 5.26 Å². The van der Waals surface area contributed by atoms with Crippen molar-refractivity contribution >= 4 is 40.2 Å². The van der Waals surface area contributed by atoms with E-state index in [1.807, 2.05) is 19.1 Å². The number of carbonyl (C=O) groups is 2. The summed E-state index contributed by atoms with van der Waals surface area (Å²) in [7, 11) is 0. The molecule has 7 heteroatoms. The van der Waals surface area contributed by atoms with Gasteiger partial charge in [0.15, 0.2) is 0 Å². The summed E-state index contributed by atoms with van der Waals surface area (Å²) in [5.74, 6) is -0.993. The summed E-state index contributed by atoms with van der Waals surface area (Å²) in [6, 6.07) is 7.35. The number of hydrogen-bond acceptors (Lipinski definition) is 5. The lowest BCUT2D eigenvalue weighted by atomic mass is 10.2. The van der Waals surface area contributed by atoms with Gasteiger partial charge in [-0.25, -0.2) is 0 Å². The van der Waals surface area contributed by atoms with Gasteiger partial charge in [-0.15, -0.1) is 0 Å². The second-order valence-electron chi connectivity index (χ2n) is 4.27. The predicted molar refractivity (Wildman–Crippen MR) is 90.9 cm³/mol. The number of hydrogen-bond donors (Lipinski definition) is 2. The second kappa shape index (κ2) is 9.04. The largest absolute Gasteiger partial charge is 0.465 e. The summed E-state index contributed by atoms with van der Waals surface area (Å²) < 4.78 is 5.78. The Morgan fingerprint density at radius 3 is 2.77 bits per heavy atom. The minimum atomic E-state index is -0.539. The SMILES string of the molecule is CCOC(=O)CN/C=C(/C#N)C(=O)Nc1ccc(I)cc1C. The average Bonchev–Trinajstić information content (AvgIpc) is 2.46. The maximum Gasteiger partial charge on any atom is 0.325 e. The molecule has 0 aliphatic carbocycles. The number of carbonyl (C=O) groups excluding carboxylic acids is 2. The van der Waals surface area contributed by atoms with E-state index in [4.69, 9.17) is 10.00 Å². The summed E-state index contributed by atoms with van der Waals surface area (Å²) in [4.78, 5) is 23.2. The van der Waals surface area contributed by atoms with Gasteiger partial charge in [0, 0.05) is 15.5 Å². The Morgan fingerprint density at radius 2 is 2.18 bits per heavy atom. The Bertz CT molecular complexity index is 635. The highest BCUT2D eigenvalue weighted by molar-refractivity contribution is 14.1. The first-order valence-corrected chi connectivity index (χ1v) is 7.62. The van der Waals surface area contributed by atoms with Crippen LogP contribution in [-0.2, 0) is 14.3 Å². The smallest absolute Gasteiger partial charge is 0.325 e. The summed E-state index contributed by atoms with van der Waals surface area (Å²) >= 11 is 2.18. The molecule has 0 aromatic heterocycles. The molecule has 0 fully saturated rings. The van der Waals surface area contributed by atoms with Gasteiger partial charge >= 0.3 is 5.97 Å². The predicted octanol–water partition coefficient (Wildman–Crippen LogP) is 2.10. The van der Waals surface area contributed by atoms with Crippen molar-refractivity contribution in [2.75, 3.05) is 18.5 Å². The van der Waals surface area contributed by atoms with Crippen molar-refractivity contribution in [3.05, 3.63) is 39.1 Å². The normalized spacial score (nSPS) is 10.5. The van der Waals surface area contributed by atoms with Crippen LogP contribution in [0.5, 0.6) is 0 Å². The summed E-state index contributed by atoms with van der Waals surface area (Å²) in [6.07, 6.45) is 1.20. The van der Waals surface area contributed by atoms with Crippen molar-refractivity contribution in [3.63, 3.8) is 0 Å². The zero-order chi connectivity index (χ0) is 16.5. The molecule has 0 saturated carbocycles. The zero-order valence-corrected chi connectivity index (χ0v) is 14.4. The van der Waals surface area contributed by atoms with Crippen LogP contribution >= 0.6 is 22.6 Å². The summed E-state index contributed by atoms with van der Waals surface area (Å²) in [5.41, 5.74) is 1.41. The molecule has 6 nitrogen and oxygen atoms in total. The van der Waals surface area contributed by atoms with E-state index in [1.54, 1.807) is 19.1 Å². The maximum atomic E-state index is 12.0. The molecule has 1 aromatic rings. The van der Waals surface area contributed by atoms with E-state index >= 15 is 0 Å². The molecule has 1 amide bonds. The van der Waals surface area contributed by atoms with Crippen LogP contribution in [0.3, 0.4) is 0 Å². The molecule has 116 valence electrons. The van der Waals surface area contributed by atoms with Crippen molar-refractivity contribution < 1.29 is 14.3 Å². The van der Waals surface area contributed by atoms with E-state index in [0.717, 1.165) is 9.13 Å². The summed E-state index contributed by atoms with van der Waals surface area (Å²) in [6.45, 7) is 3.74. The molecule has 1 rings (SSSR count). The molecule has 0 bridgehead atoms. The van der Waals surface area contributed by atoms with Crippen LogP contribution in [0.4, 0.5) is 5.69 Å². The van der Waals surface area contributed by atoms with Crippen LogP contribution < -0.4 is 10.6 Å². The number of esters is 1. The molecule has 22 heavy (non-hydrogen) atoms. The topological polar surface area (TPSA) is 91.2 Å². The fourth-order valence-electron chi connectivity index (χ4n) is 1.55. The number of amides is 1. The number of rotatable bonds is 6. The fourth-order valence-corrected chi connectivity index (χ4v) is 2.20. The number of aryl methyl sites for hydroxylation is 1. The molecule has 0 saturated heterocycles. The summed E-state index contributed by atoms with van der Waals surface area (Å²) in [5, 5.41) is 14.3. The van der Waals surface area contributed by atoms with Gasteiger partial charge in [0.2, 0.25) is 0 Å².